The van der Waals surface area contributed by atoms with Crippen LogP contribution in [0.4, 0.5) is 0 Å². The summed E-state index contributed by atoms with van der Waals surface area (Å²) in [7, 11) is 3.35. The number of rotatable bonds is 6. The Morgan fingerprint density at radius 2 is 1.50 bits per heavy atom. The summed E-state index contributed by atoms with van der Waals surface area (Å²) in [5.41, 5.74) is 3.08. The third-order valence-electron chi connectivity index (χ3n) is 4.74. The first-order valence-corrected chi connectivity index (χ1v) is 8.92. The molecule has 1 aliphatic rings. The van der Waals surface area contributed by atoms with Crippen molar-refractivity contribution in [1.29, 1.82) is 0 Å². The van der Waals surface area contributed by atoms with Gasteiger partial charge in [-0.15, -0.1) is 0 Å². The van der Waals surface area contributed by atoms with E-state index in [2.05, 4.69) is 17.0 Å². The molecular weight excluding hydrogens is 328 g/mol. The van der Waals surface area contributed by atoms with Gasteiger partial charge in [-0.1, -0.05) is 24.3 Å². The van der Waals surface area contributed by atoms with E-state index in [0.29, 0.717) is 6.61 Å². The van der Waals surface area contributed by atoms with Gasteiger partial charge in [-0.25, -0.2) is 0 Å². The van der Waals surface area contributed by atoms with E-state index in [1.165, 1.54) is 5.56 Å². The summed E-state index contributed by atoms with van der Waals surface area (Å²) >= 11 is 0. The maximum atomic E-state index is 12.7. The van der Waals surface area contributed by atoms with Gasteiger partial charge < -0.3 is 14.4 Å². The molecule has 1 saturated heterocycles. The van der Waals surface area contributed by atoms with Crippen molar-refractivity contribution in [2.75, 3.05) is 40.4 Å². The number of piperazine rings is 1. The van der Waals surface area contributed by atoms with Crippen molar-refractivity contribution in [3.8, 4) is 5.75 Å². The first-order valence-electron chi connectivity index (χ1n) is 8.92. The summed E-state index contributed by atoms with van der Waals surface area (Å²) in [5, 5.41) is 0. The highest BCUT2D eigenvalue weighted by Crippen LogP contribution is 2.15. The molecule has 0 unspecified atom stereocenters. The molecule has 2 aromatic carbocycles. The minimum absolute atomic E-state index is 0.109. The minimum atomic E-state index is 0.109. The summed E-state index contributed by atoms with van der Waals surface area (Å²) in [5.74, 6) is 0.985. The molecule has 1 aliphatic heterocycles. The Hall–Kier alpha value is -2.37. The molecule has 0 atom stereocenters. The van der Waals surface area contributed by atoms with E-state index in [4.69, 9.17) is 9.47 Å². The van der Waals surface area contributed by atoms with Gasteiger partial charge in [-0.3, -0.25) is 9.69 Å². The van der Waals surface area contributed by atoms with Crippen LogP contribution in [0.15, 0.2) is 48.5 Å². The molecule has 0 radical (unpaired) electrons. The second kappa shape index (κ2) is 8.83. The van der Waals surface area contributed by atoms with Gasteiger partial charge in [0.05, 0.1) is 13.7 Å². The molecule has 0 aromatic heterocycles. The van der Waals surface area contributed by atoms with Crippen LogP contribution in [0.25, 0.3) is 0 Å². The second-order valence-electron chi connectivity index (χ2n) is 6.55. The zero-order valence-corrected chi connectivity index (χ0v) is 15.5. The number of carbonyl (C=O) groups excluding carboxylic acids is 1. The number of carbonyl (C=O) groups is 1. The van der Waals surface area contributed by atoms with Gasteiger partial charge >= 0.3 is 0 Å². The van der Waals surface area contributed by atoms with Crippen LogP contribution >= 0.6 is 0 Å². The minimum Gasteiger partial charge on any atom is -0.497 e. The lowest BCUT2D eigenvalue weighted by atomic mass is 10.1. The Kier molecular flexibility index (Phi) is 6.26. The molecule has 5 nitrogen and oxygen atoms in total. The van der Waals surface area contributed by atoms with E-state index >= 15 is 0 Å². The molecule has 2 aromatic rings. The van der Waals surface area contributed by atoms with Crippen LogP contribution in [-0.2, 0) is 17.9 Å². The summed E-state index contributed by atoms with van der Waals surface area (Å²) in [6, 6.07) is 15.9. The van der Waals surface area contributed by atoms with Crippen molar-refractivity contribution in [1.82, 2.24) is 9.80 Å². The van der Waals surface area contributed by atoms with E-state index < -0.39 is 0 Å². The van der Waals surface area contributed by atoms with Gasteiger partial charge in [0, 0.05) is 45.4 Å². The largest absolute Gasteiger partial charge is 0.497 e. The monoisotopic (exact) mass is 354 g/mol. The number of ether oxygens (including phenoxy) is 2. The van der Waals surface area contributed by atoms with E-state index in [9.17, 15) is 4.79 Å². The second-order valence-corrected chi connectivity index (χ2v) is 6.55. The Balaban J connectivity index is 1.51. The normalized spacial score (nSPS) is 15.1. The fourth-order valence-corrected chi connectivity index (χ4v) is 3.19. The Labute approximate surface area is 155 Å². The predicted molar refractivity (Wildman–Crippen MR) is 101 cm³/mol. The average molecular weight is 354 g/mol. The molecule has 5 heteroatoms. The number of amides is 1. The molecular formula is C21H26N2O3. The first kappa shape index (κ1) is 18.4. The van der Waals surface area contributed by atoms with E-state index in [1.54, 1.807) is 14.2 Å². The van der Waals surface area contributed by atoms with E-state index in [0.717, 1.165) is 49.6 Å². The van der Waals surface area contributed by atoms with Crippen molar-refractivity contribution < 1.29 is 14.3 Å². The van der Waals surface area contributed by atoms with Crippen molar-refractivity contribution >= 4 is 5.91 Å². The van der Waals surface area contributed by atoms with Crippen LogP contribution in [0.3, 0.4) is 0 Å². The number of hydrogen-bond acceptors (Lipinski definition) is 4. The van der Waals surface area contributed by atoms with Gasteiger partial charge in [0.25, 0.3) is 5.91 Å². The van der Waals surface area contributed by atoms with Crippen LogP contribution in [0.1, 0.15) is 21.5 Å². The molecule has 3 rings (SSSR count). The Bertz CT molecular complexity index is 705. The molecule has 1 heterocycles. The van der Waals surface area contributed by atoms with Gasteiger partial charge in [0.15, 0.2) is 0 Å². The predicted octanol–water partition coefficient (Wildman–Crippen LogP) is 2.80. The molecule has 1 amide bonds. The van der Waals surface area contributed by atoms with Crippen LogP contribution in [-0.4, -0.2) is 56.1 Å². The van der Waals surface area contributed by atoms with Crippen molar-refractivity contribution in [2.45, 2.75) is 13.2 Å². The van der Waals surface area contributed by atoms with E-state index in [-0.39, 0.29) is 5.91 Å². The molecule has 0 N–H and O–H groups in total. The summed E-state index contributed by atoms with van der Waals surface area (Å²) in [6.45, 7) is 4.76. The standard InChI is InChI=1S/C21H26N2O3/c1-25-16-18-3-7-19(8-4-18)21(24)23-13-11-22(12-14-23)15-17-5-9-20(26-2)10-6-17/h3-10H,11-16H2,1-2H3. The van der Waals surface area contributed by atoms with E-state index in [1.807, 2.05) is 41.3 Å². The van der Waals surface area contributed by atoms with Gasteiger partial charge in [-0.2, -0.15) is 0 Å². The molecule has 0 saturated carbocycles. The topological polar surface area (TPSA) is 42.0 Å². The summed E-state index contributed by atoms with van der Waals surface area (Å²) in [4.78, 5) is 17.0. The maximum absolute atomic E-state index is 12.7. The van der Waals surface area contributed by atoms with Gasteiger partial charge in [0.2, 0.25) is 0 Å². The van der Waals surface area contributed by atoms with Crippen molar-refractivity contribution in [2.24, 2.45) is 0 Å². The molecule has 138 valence electrons. The zero-order valence-electron chi connectivity index (χ0n) is 15.5. The fraction of sp³-hybridized carbons (Fsp3) is 0.381. The Morgan fingerprint density at radius 1 is 0.885 bits per heavy atom. The highest BCUT2D eigenvalue weighted by molar-refractivity contribution is 5.94. The van der Waals surface area contributed by atoms with Crippen LogP contribution in [0.5, 0.6) is 5.75 Å². The number of methoxy groups -OCH3 is 2. The SMILES string of the molecule is COCc1ccc(C(=O)N2CCN(Cc3ccc(OC)cc3)CC2)cc1. The lowest BCUT2D eigenvalue weighted by Gasteiger charge is -2.34. The summed E-state index contributed by atoms with van der Waals surface area (Å²) < 4.78 is 10.3. The first-order chi connectivity index (χ1) is 12.7. The molecule has 1 fully saturated rings. The van der Waals surface area contributed by atoms with Gasteiger partial charge in [-0.05, 0) is 35.4 Å². The third-order valence-corrected chi connectivity index (χ3v) is 4.74. The number of hydrogen-bond donors (Lipinski definition) is 0. The zero-order chi connectivity index (χ0) is 18.4. The van der Waals surface area contributed by atoms with Crippen LogP contribution in [0, 0.1) is 0 Å². The quantitative estimate of drug-likeness (QED) is 0.800. The van der Waals surface area contributed by atoms with Crippen LogP contribution < -0.4 is 4.74 Å². The van der Waals surface area contributed by atoms with Gasteiger partial charge in [0.1, 0.15) is 5.75 Å². The molecule has 26 heavy (non-hydrogen) atoms. The number of nitrogens with zero attached hydrogens (tertiary/aromatic N) is 2. The highest BCUT2D eigenvalue weighted by atomic mass is 16.5. The van der Waals surface area contributed by atoms with Crippen molar-refractivity contribution in [3.63, 3.8) is 0 Å². The lowest BCUT2D eigenvalue weighted by molar-refractivity contribution is 0.0628. The maximum Gasteiger partial charge on any atom is 0.253 e. The fourth-order valence-electron chi connectivity index (χ4n) is 3.19. The summed E-state index contributed by atoms with van der Waals surface area (Å²) in [6.07, 6.45) is 0. The van der Waals surface area contributed by atoms with Crippen LogP contribution in [0.2, 0.25) is 0 Å². The molecule has 0 aliphatic carbocycles. The van der Waals surface area contributed by atoms with Crippen molar-refractivity contribution in [3.05, 3.63) is 65.2 Å². The third kappa shape index (κ3) is 4.62. The lowest BCUT2D eigenvalue weighted by Crippen LogP contribution is -2.48. The molecule has 0 bridgehead atoms. The Morgan fingerprint density at radius 3 is 2.08 bits per heavy atom. The molecule has 0 spiro atoms. The highest BCUT2D eigenvalue weighted by Gasteiger charge is 2.22. The smallest absolute Gasteiger partial charge is 0.253 e. The number of benzene rings is 2. The average Bonchev–Trinajstić information content (AvgIpc) is 2.69.